The second kappa shape index (κ2) is 8.42. The zero-order chi connectivity index (χ0) is 19.3. The molecular formula is C19H20F2N2O3. The van der Waals surface area contributed by atoms with Gasteiger partial charge in [-0.25, -0.2) is 0 Å². The molecule has 1 aromatic heterocycles. The third-order valence-electron chi connectivity index (χ3n) is 3.62. The summed E-state index contributed by atoms with van der Waals surface area (Å²) in [5.74, 6) is -0.381. The normalized spacial score (nSPS) is 11.0. The summed E-state index contributed by atoms with van der Waals surface area (Å²) in [4.78, 5) is 16.5. The van der Waals surface area contributed by atoms with E-state index in [1.165, 1.54) is 25.3 Å². The minimum Gasteiger partial charge on any atom is -0.493 e. The number of benzene rings is 1. The molecule has 0 saturated heterocycles. The average Bonchev–Trinajstić information content (AvgIpc) is 2.56. The van der Waals surface area contributed by atoms with Crippen LogP contribution in [0.5, 0.6) is 11.5 Å². The number of pyridine rings is 1. The van der Waals surface area contributed by atoms with Gasteiger partial charge in [0, 0.05) is 17.3 Å². The van der Waals surface area contributed by atoms with Crippen LogP contribution < -0.4 is 14.8 Å². The molecule has 138 valence electrons. The number of ether oxygens (including phenoxy) is 2. The number of halogens is 2. The first-order valence-corrected chi connectivity index (χ1v) is 7.87. The number of anilines is 1. The third kappa shape index (κ3) is 4.78. The van der Waals surface area contributed by atoms with E-state index in [9.17, 15) is 13.6 Å². The van der Waals surface area contributed by atoms with Crippen molar-refractivity contribution in [2.24, 2.45) is 0 Å². The molecule has 0 aliphatic carbocycles. The number of aryl methyl sites for hydroxylation is 3. The van der Waals surface area contributed by atoms with E-state index in [0.29, 0.717) is 16.9 Å². The van der Waals surface area contributed by atoms with Gasteiger partial charge in [0.05, 0.1) is 18.5 Å². The number of hydrogen-bond acceptors (Lipinski definition) is 4. The van der Waals surface area contributed by atoms with Crippen LogP contribution in [0.4, 0.5) is 14.5 Å². The number of methoxy groups -OCH3 is 1. The molecule has 2 rings (SSSR count). The number of para-hydroxylation sites is 1. The Morgan fingerprint density at radius 2 is 2.00 bits per heavy atom. The predicted molar refractivity (Wildman–Crippen MR) is 95.7 cm³/mol. The van der Waals surface area contributed by atoms with Crippen molar-refractivity contribution in [1.82, 2.24) is 4.98 Å². The molecule has 0 fully saturated rings. The summed E-state index contributed by atoms with van der Waals surface area (Å²) in [6.45, 7) is 2.54. The van der Waals surface area contributed by atoms with Gasteiger partial charge in [0.25, 0.3) is 0 Å². The summed E-state index contributed by atoms with van der Waals surface area (Å²) in [5, 5.41) is 2.76. The topological polar surface area (TPSA) is 60.5 Å². The van der Waals surface area contributed by atoms with Gasteiger partial charge in [0.2, 0.25) is 5.91 Å². The van der Waals surface area contributed by atoms with E-state index in [2.05, 4.69) is 15.0 Å². The van der Waals surface area contributed by atoms with Gasteiger partial charge in [-0.3, -0.25) is 9.78 Å². The largest absolute Gasteiger partial charge is 0.493 e. The number of rotatable bonds is 6. The highest BCUT2D eigenvalue weighted by molar-refractivity contribution is 6.02. The van der Waals surface area contributed by atoms with Crippen molar-refractivity contribution in [2.45, 2.75) is 27.4 Å². The molecule has 1 amide bonds. The Kier molecular flexibility index (Phi) is 6.27. The lowest BCUT2D eigenvalue weighted by molar-refractivity contribution is -0.111. The zero-order valence-electron chi connectivity index (χ0n) is 15.0. The lowest BCUT2D eigenvalue weighted by Gasteiger charge is -2.12. The van der Waals surface area contributed by atoms with Crippen LogP contribution in [-0.4, -0.2) is 24.6 Å². The second-order valence-electron chi connectivity index (χ2n) is 5.62. The molecule has 0 saturated carbocycles. The average molecular weight is 362 g/mol. The Morgan fingerprint density at radius 3 is 2.62 bits per heavy atom. The highest BCUT2D eigenvalue weighted by Crippen LogP contribution is 2.33. The first-order chi connectivity index (χ1) is 12.3. The Bertz CT molecular complexity index is 813. The molecule has 7 heteroatoms. The number of carbonyl (C=O) groups is 1. The van der Waals surface area contributed by atoms with Crippen molar-refractivity contribution in [2.75, 3.05) is 12.4 Å². The van der Waals surface area contributed by atoms with Gasteiger partial charge in [-0.15, -0.1) is 0 Å². The van der Waals surface area contributed by atoms with Crippen LogP contribution in [0.1, 0.15) is 22.5 Å². The minimum atomic E-state index is -3.00. The number of aromatic nitrogens is 1. The fourth-order valence-electron chi connectivity index (χ4n) is 2.58. The van der Waals surface area contributed by atoms with E-state index in [4.69, 9.17) is 4.74 Å². The summed E-state index contributed by atoms with van der Waals surface area (Å²) in [7, 11) is 1.35. The number of hydrogen-bond donors (Lipinski definition) is 1. The van der Waals surface area contributed by atoms with Crippen LogP contribution in [0.3, 0.4) is 0 Å². The van der Waals surface area contributed by atoms with Crippen LogP contribution in [0.15, 0.2) is 30.3 Å². The van der Waals surface area contributed by atoms with Crippen LogP contribution in [0.2, 0.25) is 0 Å². The maximum absolute atomic E-state index is 12.6. The number of nitrogens with zero attached hydrogens (tertiary/aromatic N) is 1. The lowest BCUT2D eigenvalue weighted by Crippen LogP contribution is -2.11. The maximum Gasteiger partial charge on any atom is 0.387 e. The quantitative estimate of drug-likeness (QED) is 0.780. The third-order valence-corrected chi connectivity index (χ3v) is 3.62. The number of carbonyl (C=O) groups excluding carboxylic acids is 1. The van der Waals surface area contributed by atoms with Crippen LogP contribution in [-0.2, 0) is 4.79 Å². The molecule has 0 aliphatic heterocycles. The summed E-state index contributed by atoms with van der Waals surface area (Å²) in [6, 6.07) is 6.53. The van der Waals surface area contributed by atoms with E-state index >= 15 is 0 Å². The van der Waals surface area contributed by atoms with Crippen molar-refractivity contribution in [3.8, 4) is 11.5 Å². The molecule has 0 aliphatic rings. The first-order valence-electron chi connectivity index (χ1n) is 7.87. The molecule has 0 radical (unpaired) electrons. The first kappa shape index (κ1) is 19.4. The molecule has 2 aromatic rings. The molecule has 0 atom stereocenters. The number of amides is 1. The molecule has 1 N–H and O–H groups in total. The molecular weight excluding hydrogens is 342 g/mol. The Hall–Kier alpha value is -2.96. The van der Waals surface area contributed by atoms with Gasteiger partial charge >= 0.3 is 6.61 Å². The highest BCUT2D eigenvalue weighted by Gasteiger charge is 2.14. The molecule has 1 heterocycles. The lowest BCUT2D eigenvalue weighted by atomic mass is 10.1. The van der Waals surface area contributed by atoms with Crippen LogP contribution in [0.25, 0.3) is 6.08 Å². The monoisotopic (exact) mass is 362 g/mol. The van der Waals surface area contributed by atoms with E-state index < -0.39 is 12.5 Å². The van der Waals surface area contributed by atoms with Gasteiger partial charge in [-0.2, -0.15) is 8.78 Å². The summed E-state index contributed by atoms with van der Waals surface area (Å²) in [6.07, 6.45) is 2.63. The molecule has 26 heavy (non-hydrogen) atoms. The van der Waals surface area contributed by atoms with Crippen LogP contribution in [0, 0.1) is 20.8 Å². The Morgan fingerprint density at radius 1 is 1.27 bits per heavy atom. The fraction of sp³-hybridized carbons (Fsp3) is 0.263. The smallest absolute Gasteiger partial charge is 0.387 e. The molecule has 5 nitrogen and oxygen atoms in total. The van der Waals surface area contributed by atoms with Crippen molar-refractivity contribution in [1.29, 1.82) is 0 Å². The number of alkyl halides is 2. The van der Waals surface area contributed by atoms with Gasteiger partial charge in [-0.05, 0) is 44.5 Å². The second-order valence-corrected chi connectivity index (χ2v) is 5.62. The summed E-state index contributed by atoms with van der Waals surface area (Å²) >= 11 is 0. The SMILES string of the molecule is COc1cccc(/C=C\C(=O)Nc2c(C)cc(C)nc2C)c1OC(F)F. The van der Waals surface area contributed by atoms with Crippen molar-refractivity contribution in [3.63, 3.8) is 0 Å². The molecule has 0 unspecified atom stereocenters. The summed E-state index contributed by atoms with van der Waals surface area (Å²) < 4.78 is 34.8. The standard InChI is InChI=1S/C19H20F2N2O3/c1-11-10-12(2)22-13(3)17(11)23-16(24)9-8-14-6-5-7-15(25-4)18(14)26-19(20)21/h5-10,19H,1-4H3,(H,23,24)/b9-8-. The number of nitrogens with one attached hydrogen (secondary N) is 1. The molecule has 0 spiro atoms. The fourth-order valence-corrected chi connectivity index (χ4v) is 2.58. The zero-order valence-corrected chi connectivity index (χ0v) is 15.0. The molecule has 0 bridgehead atoms. The van der Waals surface area contributed by atoms with E-state index in [1.807, 2.05) is 19.9 Å². The predicted octanol–water partition coefficient (Wildman–Crippen LogP) is 4.27. The Balaban J connectivity index is 2.23. The van der Waals surface area contributed by atoms with Crippen molar-refractivity contribution >= 4 is 17.7 Å². The van der Waals surface area contributed by atoms with Gasteiger partial charge in [0.1, 0.15) is 0 Å². The highest BCUT2D eigenvalue weighted by atomic mass is 19.3. The van der Waals surface area contributed by atoms with Crippen molar-refractivity contribution < 1.29 is 23.0 Å². The van der Waals surface area contributed by atoms with E-state index in [0.717, 1.165) is 11.3 Å². The minimum absolute atomic E-state index is 0.126. The van der Waals surface area contributed by atoms with Gasteiger partial charge in [-0.1, -0.05) is 12.1 Å². The van der Waals surface area contributed by atoms with Crippen LogP contribution >= 0.6 is 0 Å². The Labute approximate surface area is 150 Å². The van der Waals surface area contributed by atoms with E-state index in [-0.39, 0.29) is 11.5 Å². The van der Waals surface area contributed by atoms with Crippen molar-refractivity contribution in [3.05, 3.63) is 52.9 Å². The van der Waals surface area contributed by atoms with Gasteiger partial charge in [0.15, 0.2) is 11.5 Å². The summed E-state index contributed by atoms with van der Waals surface area (Å²) in [5.41, 5.74) is 3.38. The van der Waals surface area contributed by atoms with E-state index in [1.54, 1.807) is 19.1 Å². The van der Waals surface area contributed by atoms with Gasteiger partial charge < -0.3 is 14.8 Å². The molecule has 1 aromatic carbocycles. The maximum atomic E-state index is 12.6.